The summed E-state index contributed by atoms with van der Waals surface area (Å²) in [5.74, 6) is -0.482. The SMILES string of the molecule is Cn1ncc([N+](=O)[O-])c1C(=O)NCCN1CCOCC1. The topological polar surface area (TPSA) is 103 Å². The number of aryl methyl sites for hydroxylation is 1. The molecule has 0 unspecified atom stereocenters. The lowest BCUT2D eigenvalue weighted by Gasteiger charge is -2.26. The summed E-state index contributed by atoms with van der Waals surface area (Å²) < 4.78 is 6.44. The van der Waals surface area contributed by atoms with Crippen molar-refractivity contribution >= 4 is 11.6 Å². The highest BCUT2D eigenvalue weighted by Crippen LogP contribution is 2.16. The number of rotatable bonds is 5. The lowest BCUT2D eigenvalue weighted by atomic mass is 10.3. The molecular formula is C11H17N5O4. The first-order valence-corrected chi connectivity index (χ1v) is 6.34. The van der Waals surface area contributed by atoms with Crippen molar-refractivity contribution in [2.75, 3.05) is 39.4 Å². The smallest absolute Gasteiger partial charge is 0.320 e. The molecule has 2 heterocycles. The lowest BCUT2D eigenvalue weighted by Crippen LogP contribution is -2.41. The monoisotopic (exact) mass is 283 g/mol. The highest BCUT2D eigenvalue weighted by molar-refractivity contribution is 5.96. The van der Waals surface area contributed by atoms with Gasteiger partial charge in [-0.15, -0.1) is 0 Å². The Morgan fingerprint density at radius 2 is 2.25 bits per heavy atom. The van der Waals surface area contributed by atoms with Gasteiger partial charge in [0, 0.05) is 33.2 Å². The van der Waals surface area contributed by atoms with Crippen LogP contribution in [0, 0.1) is 10.1 Å². The zero-order chi connectivity index (χ0) is 14.5. The second-order valence-electron chi connectivity index (χ2n) is 4.47. The van der Waals surface area contributed by atoms with Crippen molar-refractivity contribution in [2.45, 2.75) is 0 Å². The van der Waals surface area contributed by atoms with Crippen LogP contribution in [0.1, 0.15) is 10.5 Å². The molecule has 1 aromatic rings. The molecule has 1 N–H and O–H groups in total. The average Bonchev–Trinajstić information content (AvgIpc) is 2.82. The quantitative estimate of drug-likeness (QED) is 0.571. The van der Waals surface area contributed by atoms with Crippen LogP contribution >= 0.6 is 0 Å². The van der Waals surface area contributed by atoms with E-state index < -0.39 is 10.8 Å². The predicted molar refractivity (Wildman–Crippen MR) is 69.5 cm³/mol. The zero-order valence-corrected chi connectivity index (χ0v) is 11.2. The Balaban J connectivity index is 1.88. The lowest BCUT2D eigenvalue weighted by molar-refractivity contribution is -0.385. The number of carbonyl (C=O) groups is 1. The van der Waals surface area contributed by atoms with Crippen molar-refractivity contribution in [1.82, 2.24) is 20.0 Å². The predicted octanol–water partition coefficient (Wildman–Crippen LogP) is -0.610. The first-order valence-electron chi connectivity index (χ1n) is 6.34. The summed E-state index contributed by atoms with van der Waals surface area (Å²) in [5.41, 5.74) is -0.312. The minimum absolute atomic E-state index is 0.0306. The molecule has 1 aliphatic rings. The number of ether oxygens (including phenoxy) is 1. The minimum Gasteiger partial charge on any atom is -0.379 e. The molecule has 110 valence electrons. The van der Waals surface area contributed by atoms with E-state index in [1.165, 1.54) is 11.7 Å². The third kappa shape index (κ3) is 3.31. The van der Waals surface area contributed by atoms with Crippen LogP contribution in [0.5, 0.6) is 0 Å². The van der Waals surface area contributed by atoms with Gasteiger partial charge in [0.2, 0.25) is 5.69 Å². The number of amides is 1. The van der Waals surface area contributed by atoms with E-state index in [0.29, 0.717) is 26.3 Å². The molecular weight excluding hydrogens is 266 g/mol. The fourth-order valence-electron chi connectivity index (χ4n) is 2.06. The van der Waals surface area contributed by atoms with E-state index in [1.807, 2.05) is 0 Å². The van der Waals surface area contributed by atoms with Crippen LogP contribution in [0.4, 0.5) is 5.69 Å². The summed E-state index contributed by atoms with van der Waals surface area (Å²) in [5, 5.41) is 17.2. The molecule has 1 aliphatic heterocycles. The maximum Gasteiger partial charge on any atom is 0.320 e. The molecule has 0 saturated carbocycles. The molecule has 2 rings (SSSR count). The standard InChI is InChI=1S/C11H17N5O4/c1-14-10(9(8-13-14)16(18)19)11(17)12-2-3-15-4-6-20-7-5-15/h8H,2-7H2,1H3,(H,12,17). The van der Waals surface area contributed by atoms with E-state index in [0.717, 1.165) is 19.3 Å². The number of nitrogens with one attached hydrogen (secondary N) is 1. The number of aromatic nitrogens is 2. The van der Waals surface area contributed by atoms with E-state index in [9.17, 15) is 14.9 Å². The van der Waals surface area contributed by atoms with Crippen molar-refractivity contribution in [3.8, 4) is 0 Å². The zero-order valence-electron chi connectivity index (χ0n) is 11.2. The molecule has 1 amide bonds. The third-order valence-electron chi connectivity index (χ3n) is 3.15. The van der Waals surface area contributed by atoms with Crippen LogP contribution in [0.3, 0.4) is 0 Å². The van der Waals surface area contributed by atoms with Crippen molar-refractivity contribution in [2.24, 2.45) is 7.05 Å². The van der Waals surface area contributed by atoms with Gasteiger partial charge in [-0.05, 0) is 0 Å². The van der Waals surface area contributed by atoms with Crippen LogP contribution in [0.25, 0.3) is 0 Å². The molecule has 0 atom stereocenters. The van der Waals surface area contributed by atoms with Crippen molar-refractivity contribution < 1.29 is 14.5 Å². The Morgan fingerprint density at radius 3 is 2.90 bits per heavy atom. The third-order valence-corrected chi connectivity index (χ3v) is 3.15. The van der Waals surface area contributed by atoms with Gasteiger partial charge >= 0.3 is 5.69 Å². The van der Waals surface area contributed by atoms with Crippen LogP contribution in [-0.2, 0) is 11.8 Å². The maximum absolute atomic E-state index is 12.0. The molecule has 20 heavy (non-hydrogen) atoms. The molecule has 0 aromatic carbocycles. The molecule has 9 nitrogen and oxygen atoms in total. The van der Waals surface area contributed by atoms with Crippen molar-refractivity contribution in [1.29, 1.82) is 0 Å². The van der Waals surface area contributed by atoms with Gasteiger partial charge in [0.05, 0.1) is 18.1 Å². The Hall–Kier alpha value is -2.00. The summed E-state index contributed by atoms with van der Waals surface area (Å²) in [6.45, 7) is 4.19. The van der Waals surface area contributed by atoms with E-state index in [4.69, 9.17) is 4.74 Å². The molecule has 9 heteroatoms. The molecule has 1 aromatic heterocycles. The van der Waals surface area contributed by atoms with Gasteiger partial charge in [-0.2, -0.15) is 5.10 Å². The molecule has 0 aliphatic carbocycles. The second kappa shape index (κ2) is 6.44. The minimum atomic E-state index is -0.607. The summed E-state index contributed by atoms with van der Waals surface area (Å²) in [7, 11) is 1.50. The van der Waals surface area contributed by atoms with Crippen LogP contribution in [0.2, 0.25) is 0 Å². The fraction of sp³-hybridized carbons (Fsp3) is 0.636. The summed E-state index contributed by atoms with van der Waals surface area (Å²) in [6.07, 6.45) is 1.08. The van der Waals surface area contributed by atoms with Crippen LogP contribution < -0.4 is 5.32 Å². The van der Waals surface area contributed by atoms with Gasteiger partial charge < -0.3 is 10.1 Å². The van der Waals surface area contributed by atoms with E-state index in [2.05, 4.69) is 15.3 Å². The summed E-state index contributed by atoms with van der Waals surface area (Å²) >= 11 is 0. The normalized spacial score (nSPS) is 16.1. The highest BCUT2D eigenvalue weighted by Gasteiger charge is 2.25. The van der Waals surface area contributed by atoms with Crippen LogP contribution in [0.15, 0.2) is 6.20 Å². The average molecular weight is 283 g/mol. The van der Waals surface area contributed by atoms with Gasteiger partial charge in [-0.25, -0.2) is 0 Å². The highest BCUT2D eigenvalue weighted by atomic mass is 16.6. The number of nitro groups is 1. The Labute approximate surface area is 115 Å². The maximum atomic E-state index is 12.0. The molecule has 0 radical (unpaired) electrons. The number of hydrogen-bond donors (Lipinski definition) is 1. The van der Waals surface area contributed by atoms with E-state index >= 15 is 0 Å². The van der Waals surface area contributed by atoms with Crippen molar-refractivity contribution in [3.63, 3.8) is 0 Å². The first kappa shape index (κ1) is 14.4. The van der Waals surface area contributed by atoms with Gasteiger partial charge in [-0.1, -0.05) is 0 Å². The van der Waals surface area contributed by atoms with Gasteiger partial charge in [-0.3, -0.25) is 24.5 Å². The Morgan fingerprint density at radius 1 is 1.55 bits per heavy atom. The Kier molecular flexibility index (Phi) is 4.64. The van der Waals surface area contributed by atoms with E-state index in [1.54, 1.807) is 0 Å². The molecule has 1 fully saturated rings. The largest absolute Gasteiger partial charge is 0.379 e. The number of carbonyl (C=O) groups excluding carboxylic acids is 1. The summed E-state index contributed by atoms with van der Waals surface area (Å²) in [6, 6.07) is 0. The molecule has 0 spiro atoms. The second-order valence-corrected chi connectivity index (χ2v) is 4.47. The van der Waals surface area contributed by atoms with Crippen LogP contribution in [-0.4, -0.2) is 64.9 Å². The number of morpholine rings is 1. The molecule has 0 bridgehead atoms. The van der Waals surface area contributed by atoms with Gasteiger partial charge in [0.1, 0.15) is 6.20 Å². The van der Waals surface area contributed by atoms with Gasteiger partial charge in [0.15, 0.2) is 0 Å². The number of nitrogens with zero attached hydrogens (tertiary/aromatic N) is 4. The number of hydrogen-bond acceptors (Lipinski definition) is 6. The van der Waals surface area contributed by atoms with Crippen molar-refractivity contribution in [3.05, 3.63) is 22.0 Å². The van der Waals surface area contributed by atoms with Gasteiger partial charge in [0.25, 0.3) is 5.91 Å². The fourth-order valence-corrected chi connectivity index (χ4v) is 2.06. The van der Waals surface area contributed by atoms with E-state index in [-0.39, 0.29) is 11.4 Å². The Bertz CT molecular complexity index is 495. The first-order chi connectivity index (χ1) is 9.59. The molecule has 1 saturated heterocycles. The summed E-state index contributed by atoms with van der Waals surface area (Å²) in [4.78, 5) is 24.3.